The maximum atomic E-state index is 11.7. The molecule has 19 heavy (non-hydrogen) atoms. The Balaban J connectivity index is 1.84. The van der Waals surface area contributed by atoms with Crippen molar-refractivity contribution in [1.82, 2.24) is 4.90 Å². The molecule has 4 nitrogen and oxygen atoms in total. The van der Waals surface area contributed by atoms with Crippen LogP contribution < -0.4 is 0 Å². The van der Waals surface area contributed by atoms with Crippen molar-refractivity contribution in [2.75, 3.05) is 6.54 Å². The van der Waals surface area contributed by atoms with Crippen LogP contribution in [-0.2, 0) is 11.2 Å². The van der Waals surface area contributed by atoms with E-state index in [1.54, 1.807) is 6.07 Å². The molecular formula is C14H17NO3S. The van der Waals surface area contributed by atoms with Crippen LogP contribution in [0.5, 0.6) is 0 Å². The van der Waals surface area contributed by atoms with Crippen LogP contribution in [0.15, 0.2) is 24.8 Å². The predicted octanol–water partition coefficient (Wildman–Crippen LogP) is 2.56. The van der Waals surface area contributed by atoms with Gasteiger partial charge in [-0.1, -0.05) is 6.08 Å². The molecule has 1 atom stereocenters. The summed E-state index contributed by atoms with van der Waals surface area (Å²) in [5, 5.41) is 8.84. The lowest BCUT2D eigenvalue weighted by molar-refractivity contribution is -0.128. The molecule has 0 aromatic carbocycles. The molecule has 0 bridgehead atoms. The Morgan fingerprint density at radius 1 is 1.58 bits per heavy atom. The number of nitrogens with zero attached hydrogens (tertiary/aromatic N) is 1. The van der Waals surface area contributed by atoms with Gasteiger partial charge in [-0.2, -0.15) is 0 Å². The summed E-state index contributed by atoms with van der Waals surface area (Å²) >= 11 is 1.31. The average Bonchev–Trinajstić information content (AvgIpc) is 2.98. The Morgan fingerprint density at radius 2 is 2.37 bits per heavy atom. The summed E-state index contributed by atoms with van der Waals surface area (Å²) in [7, 11) is 0. The highest BCUT2D eigenvalue weighted by Gasteiger charge is 2.27. The molecule has 0 saturated carbocycles. The van der Waals surface area contributed by atoms with E-state index in [-0.39, 0.29) is 11.9 Å². The molecule has 1 aliphatic rings. The van der Waals surface area contributed by atoms with E-state index in [4.69, 9.17) is 5.11 Å². The van der Waals surface area contributed by atoms with Gasteiger partial charge in [0.15, 0.2) is 0 Å². The molecule has 1 aromatic heterocycles. The molecule has 0 radical (unpaired) electrons. The molecular weight excluding hydrogens is 262 g/mol. The van der Waals surface area contributed by atoms with Gasteiger partial charge >= 0.3 is 5.97 Å². The first-order valence-electron chi connectivity index (χ1n) is 6.36. The lowest BCUT2D eigenvalue weighted by Gasteiger charge is -2.21. The smallest absolute Gasteiger partial charge is 0.345 e. The highest BCUT2D eigenvalue weighted by atomic mass is 32.1. The number of carbonyl (C=O) groups is 2. The van der Waals surface area contributed by atoms with Crippen LogP contribution in [0.25, 0.3) is 0 Å². The summed E-state index contributed by atoms with van der Waals surface area (Å²) in [6.45, 7) is 4.48. The molecule has 1 unspecified atom stereocenters. The molecule has 0 aliphatic carbocycles. The van der Waals surface area contributed by atoms with E-state index < -0.39 is 5.97 Å². The highest BCUT2D eigenvalue weighted by Crippen LogP contribution is 2.22. The predicted molar refractivity (Wildman–Crippen MR) is 74.5 cm³/mol. The summed E-state index contributed by atoms with van der Waals surface area (Å²) in [6.07, 6.45) is 4.98. The highest BCUT2D eigenvalue weighted by molar-refractivity contribution is 7.13. The lowest BCUT2D eigenvalue weighted by atomic mass is 10.2. The topological polar surface area (TPSA) is 57.6 Å². The Bertz CT molecular complexity index is 495. The fraction of sp³-hybridized carbons (Fsp3) is 0.429. The summed E-state index contributed by atoms with van der Waals surface area (Å²) in [4.78, 5) is 25.8. The Labute approximate surface area is 116 Å². The van der Waals surface area contributed by atoms with Crippen molar-refractivity contribution < 1.29 is 14.7 Å². The molecule has 0 spiro atoms. The molecule has 5 heteroatoms. The van der Waals surface area contributed by atoms with Gasteiger partial charge in [-0.15, -0.1) is 17.9 Å². The van der Waals surface area contributed by atoms with Gasteiger partial charge in [0.25, 0.3) is 0 Å². The van der Waals surface area contributed by atoms with Gasteiger partial charge in [0.05, 0.1) is 6.04 Å². The second-order valence-electron chi connectivity index (χ2n) is 4.60. The van der Waals surface area contributed by atoms with Crippen molar-refractivity contribution in [3.8, 4) is 0 Å². The van der Waals surface area contributed by atoms with Gasteiger partial charge in [-0.25, -0.2) is 4.79 Å². The molecule has 1 aromatic rings. The third-order valence-electron chi connectivity index (χ3n) is 3.34. The molecule has 2 heterocycles. The average molecular weight is 279 g/mol. The molecule has 102 valence electrons. The van der Waals surface area contributed by atoms with Crippen LogP contribution in [-0.4, -0.2) is 34.5 Å². The zero-order valence-electron chi connectivity index (χ0n) is 10.7. The number of hydrogen-bond acceptors (Lipinski definition) is 3. The van der Waals surface area contributed by atoms with Crippen molar-refractivity contribution in [2.24, 2.45) is 0 Å². The minimum atomic E-state index is -0.877. The number of carboxylic acids is 1. The maximum absolute atomic E-state index is 11.7. The van der Waals surface area contributed by atoms with Crippen LogP contribution in [0.3, 0.4) is 0 Å². The van der Waals surface area contributed by atoms with Gasteiger partial charge < -0.3 is 10.0 Å². The van der Waals surface area contributed by atoms with Crippen LogP contribution >= 0.6 is 11.3 Å². The van der Waals surface area contributed by atoms with E-state index in [0.717, 1.165) is 30.7 Å². The first kappa shape index (κ1) is 13.8. The third kappa shape index (κ3) is 3.23. The number of carboxylic acid groups (broad SMARTS) is 1. The van der Waals surface area contributed by atoms with Crippen LogP contribution in [0.2, 0.25) is 0 Å². The molecule has 1 N–H and O–H groups in total. The minimum absolute atomic E-state index is 0.172. The number of rotatable bonds is 6. The van der Waals surface area contributed by atoms with E-state index in [1.807, 2.05) is 17.0 Å². The Kier molecular flexibility index (Phi) is 4.37. The maximum Gasteiger partial charge on any atom is 0.345 e. The van der Waals surface area contributed by atoms with Gasteiger partial charge in [0, 0.05) is 17.8 Å². The summed E-state index contributed by atoms with van der Waals surface area (Å²) < 4.78 is 0. The first-order valence-corrected chi connectivity index (χ1v) is 7.17. The van der Waals surface area contributed by atoms with E-state index in [0.29, 0.717) is 11.3 Å². The standard InChI is InChI=1S/C14H17NO3S/c1-2-10-5-8-13(16)15(10)9-3-4-11-6-7-12(19-11)14(17)18/h2,6-7,10H,1,3-5,8-9H2,(H,17,18). The van der Waals surface area contributed by atoms with E-state index in [2.05, 4.69) is 6.58 Å². The van der Waals surface area contributed by atoms with Crippen molar-refractivity contribution in [2.45, 2.75) is 31.7 Å². The monoisotopic (exact) mass is 279 g/mol. The normalized spacial score (nSPS) is 18.8. The van der Waals surface area contributed by atoms with Crippen molar-refractivity contribution in [3.05, 3.63) is 34.5 Å². The quantitative estimate of drug-likeness (QED) is 0.814. The van der Waals surface area contributed by atoms with Crippen LogP contribution in [0, 0.1) is 0 Å². The number of hydrogen-bond donors (Lipinski definition) is 1. The summed E-state index contributed by atoms with van der Waals surface area (Å²) in [6, 6.07) is 3.66. The van der Waals surface area contributed by atoms with Gasteiger partial charge in [-0.05, 0) is 31.4 Å². The molecule has 1 aliphatic heterocycles. The van der Waals surface area contributed by atoms with Gasteiger partial charge in [-0.3, -0.25) is 4.79 Å². The first-order chi connectivity index (χ1) is 9.11. The van der Waals surface area contributed by atoms with E-state index in [9.17, 15) is 9.59 Å². The molecule has 1 amide bonds. The van der Waals surface area contributed by atoms with E-state index in [1.165, 1.54) is 11.3 Å². The third-order valence-corrected chi connectivity index (χ3v) is 4.47. The molecule has 1 fully saturated rings. The Hall–Kier alpha value is -1.62. The zero-order chi connectivity index (χ0) is 13.8. The largest absolute Gasteiger partial charge is 0.477 e. The van der Waals surface area contributed by atoms with Crippen LogP contribution in [0.1, 0.15) is 33.8 Å². The molecule has 2 rings (SSSR count). The minimum Gasteiger partial charge on any atom is -0.477 e. The number of aryl methyl sites for hydroxylation is 1. The number of carbonyl (C=O) groups excluding carboxylic acids is 1. The second kappa shape index (κ2) is 6.02. The van der Waals surface area contributed by atoms with Crippen molar-refractivity contribution in [3.63, 3.8) is 0 Å². The van der Waals surface area contributed by atoms with Gasteiger partial charge in [0.2, 0.25) is 5.91 Å². The fourth-order valence-corrected chi connectivity index (χ4v) is 3.23. The fourth-order valence-electron chi connectivity index (χ4n) is 2.34. The molecule has 1 saturated heterocycles. The van der Waals surface area contributed by atoms with Crippen molar-refractivity contribution >= 4 is 23.2 Å². The number of likely N-dealkylation sites (tertiary alicyclic amines) is 1. The second-order valence-corrected chi connectivity index (χ2v) is 5.77. The summed E-state index contributed by atoms with van der Waals surface area (Å²) in [5.41, 5.74) is 0. The Morgan fingerprint density at radius 3 is 3.00 bits per heavy atom. The van der Waals surface area contributed by atoms with Crippen molar-refractivity contribution in [1.29, 1.82) is 0 Å². The van der Waals surface area contributed by atoms with E-state index >= 15 is 0 Å². The van der Waals surface area contributed by atoms with Crippen LogP contribution in [0.4, 0.5) is 0 Å². The number of aromatic carboxylic acids is 1. The SMILES string of the molecule is C=CC1CCC(=O)N1CCCc1ccc(C(=O)O)s1. The summed E-state index contributed by atoms with van der Waals surface area (Å²) in [5.74, 6) is -0.681. The zero-order valence-corrected chi connectivity index (χ0v) is 11.5. The van der Waals surface area contributed by atoms with Gasteiger partial charge in [0.1, 0.15) is 4.88 Å². The lowest BCUT2D eigenvalue weighted by Crippen LogP contribution is -2.32. The number of amides is 1. The number of thiophene rings is 1.